The maximum absolute atomic E-state index is 11.9. The number of rotatable bonds is 24. The third-order valence-corrected chi connectivity index (χ3v) is 15.4. The van der Waals surface area contributed by atoms with E-state index in [1.54, 1.807) is 11.8 Å². The summed E-state index contributed by atoms with van der Waals surface area (Å²) in [6, 6.07) is 0. The van der Waals surface area contributed by atoms with Crippen molar-refractivity contribution in [3.05, 3.63) is 0 Å². The lowest BCUT2D eigenvalue weighted by atomic mass is 10.5. The van der Waals surface area contributed by atoms with E-state index in [9.17, 15) is 9.00 Å². The average Bonchev–Trinajstić information content (AvgIpc) is 2.74. The Labute approximate surface area is 224 Å². The van der Waals surface area contributed by atoms with Gasteiger partial charge in [-0.2, -0.15) is 47.0 Å². The Balaban J connectivity index is 3.22. The van der Waals surface area contributed by atoms with E-state index in [0.717, 1.165) is 55.5 Å². The van der Waals surface area contributed by atoms with Gasteiger partial charge in [0.05, 0.1) is 11.0 Å². The van der Waals surface area contributed by atoms with Crippen molar-refractivity contribution in [2.45, 2.75) is 19.8 Å². The van der Waals surface area contributed by atoms with Crippen LogP contribution in [0.3, 0.4) is 0 Å². The van der Waals surface area contributed by atoms with E-state index < -0.39 is 10.8 Å². The molecule has 0 spiro atoms. The average molecular weight is 607 g/mol. The molecule has 0 radical (unpaired) electrons. The Kier molecular flexibility index (Phi) is 30.9. The summed E-state index contributed by atoms with van der Waals surface area (Å²) in [5.74, 6) is 6.08. The minimum Gasteiger partial charge on any atom is -0.386 e. The zero-order valence-corrected chi connectivity index (χ0v) is 25.6. The van der Waals surface area contributed by atoms with Crippen LogP contribution in [0.25, 0.3) is 0 Å². The van der Waals surface area contributed by atoms with E-state index in [-0.39, 0.29) is 5.94 Å². The summed E-state index contributed by atoms with van der Waals surface area (Å²) in [5, 5.41) is 14.9. The summed E-state index contributed by atoms with van der Waals surface area (Å²) in [6.45, 7) is 2.19. The Morgan fingerprint density at radius 3 is 2.10 bits per heavy atom. The Morgan fingerprint density at radius 1 is 0.767 bits per heavy atom. The predicted molar refractivity (Wildman–Crippen MR) is 162 cm³/mol. The normalized spacial score (nSPS) is 12.3. The molecule has 0 aromatic rings. The number of carbonyl (C=O) groups is 1. The highest BCUT2D eigenvalue weighted by Crippen LogP contribution is 2.21. The second-order valence-corrected chi connectivity index (χ2v) is 18.8. The van der Waals surface area contributed by atoms with Crippen LogP contribution in [0.4, 0.5) is 0 Å². The molecule has 0 aliphatic rings. The van der Waals surface area contributed by atoms with Crippen LogP contribution in [-0.2, 0) is 15.6 Å². The van der Waals surface area contributed by atoms with Gasteiger partial charge in [-0.15, -0.1) is 47.0 Å². The lowest BCUT2D eigenvalue weighted by Gasteiger charge is -2.04. The SMILES string of the molecule is CCSCSCSCCSC(=O)CCSCSCSCCCS(=O)CSCSCO. The van der Waals surface area contributed by atoms with Crippen LogP contribution in [0, 0.1) is 0 Å². The summed E-state index contributed by atoms with van der Waals surface area (Å²) in [5.41, 5.74) is 0. The van der Waals surface area contributed by atoms with Crippen LogP contribution in [0.2, 0.25) is 0 Å². The summed E-state index contributed by atoms with van der Waals surface area (Å²) in [6.07, 6.45) is 1.68. The van der Waals surface area contributed by atoms with Crippen molar-refractivity contribution in [2.75, 3.05) is 71.0 Å². The van der Waals surface area contributed by atoms with Gasteiger partial charge in [0.2, 0.25) is 0 Å². The minimum atomic E-state index is -0.739. The zero-order valence-electron chi connectivity index (χ0n) is 17.5. The van der Waals surface area contributed by atoms with Gasteiger partial charge in [0.1, 0.15) is 0 Å². The van der Waals surface area contributed by atoms with E-state index in [1.807, 2.05) is 70.6 Å². The number of aliphatic hydroxyl groups excluding tert-OH is 1. The van der Waals surface area contributed by atoms with Crippen molar-refractivity contribution in [1.29, 1.82) is 0 Å². The van der Waals surface area contributed by atoms with Gasteiger partial charge in [-0.05, 0) is 17.9 Å². The molecule has 0 amide bonds. The highest BCUT2D eigenvalue weighted by atomic mass is 32.3. The summed E-state index contributed by atoms with van der Waals surface area (Å²) in [4.78, 5) is 11.9. The fraction of sp³-hybridized carbons (Fsp3) is 0.941. The van der Waals surface area contributed by atoms with Crippen LogP contribution >= 0.6 is 106 Å². The van der Waals surface area contributed by atoms with E-state index in [0.29, 0.717) is 16.6 Å². The Bertz CT molecular complexity index is 404. The molecule has 0 aromatic heterocycles. The van der Waals surface area contributed by atoms with Gasteiger partial charge in [0.15, 0.2) is 5.12 Å². The van der Waals surface area contributed by atoms with E-state index >= 15 is 0 Å². The molecule has 3 nitrogen and oxygen atoms in total. The lowest BCUT2D eigenvalue weighted by Crippen LogP contribution is -2.01. The maximum atomic E-state index is 11.9. The first-order valence-electron chi connectivity index (χ1n) is 9.44. The van der Waals surface area contributed by atoms with Crippen LogP contribution in [-0.4, -0.2) is 85.4 Å². The molecule has 0 aromatic carbocycles. The lowest BCUT2D eigenvalue weighted by molar-refractivity contribution is -0.110. The molecule has 0 rings (SSSR count). The van der Waals surface area contributed by atoms with Gasteiger partial charge >= 0.3 is 0 Å². The van der Waals surface area contributed by atoms with Crippen molar-refractivity contribution < 1.29 is 14.1 Å². The van der Waals surface area contributed by atoms with Crippen molar-refractivity contribution in [1.82, 2.24) is 0 Å². The quantitative estimate of drug-likeness (QED) is 0.0983. The van der Waals surface area contributed by atoms with Gasteiger partial charge in [-0.25, -0.2) is 0 Å². The molecular weight excluding hydrogens is 573 g/mol. The van der Waals surface area contributed by atoms with Crippen LogP contribution in [0.5, 0.6) is 0 Å². The number of hydrogen-bond acceptors (Lipinski definition) is 12. The molecule has 180 valence electrons. The number of carbonyl (C=O) groups excluding carboxylic acids is 1. The second-order valence-electron chi connectivity index (χ2n) is 5.34. The third kappa shape index (κ3) is 27.2. The predicted octanol–water partition coefficient (Wildman–Crippen LogP) is 6.36. The van der Waals surface area contributed by atoms with Crippen LogP contribution in [0.15, 0.2) is 0 Å². The molecule has 0 aliphatic heterocycles. The van der Waals surface area contributed by atoms with Gasteiger partial charge in [-0.1, -0.05) is 18.7 Å². The molecule has 0 saturated carbocycles. The molecule has 1 atom stereocenters. The van der Waals surface area contributed by atoms with Gasteiger partial charge in [0.25, 0.3) is 0 Å². The fourth-order valence-corrected chi connectivity index (χ4v) is 12.9. The number of thioether (sulfide) groups is 9. The van der Waals surface area contributed by atoms with Crippen molar-refractivity contribution in [3.8, 4) is 0 Å². The van der Waals surface area contributed by atoms with Crippen molar-refractivity contribution >= 4 is 122 Å². The van der Waals surface area contributed by atoms with Gasteiger partial charge in [-0.3, -0.25) is 9.00 Å². The summed E-state index contributed by atoms with van der Waals surface area (Å²) < 4.78 is 11.8. The van der Waals surface area contributed by atoms with Crippen LogP contribution in [0.1, 0.15) is 19.8 Å². The molecule has 1 N–H and O–H groups in total. The van der Waals surface area contributed by atoms with Crippen molar-refractivity contribution in [3.63, 3.8) is 0 Å². The Morgan fingerprint density at radius 2 is 1.40 bits per heavy atom. The first-order valence-corrected chi connectivity index (χ1v) is 21.1. The standard InChI is InChI=1S/C17H34O3S10/c1-2-21-11-26-14-24-7-8-29-17(19)4-6-23-13-27-12-22-5-3-9-30(20)16-28-15-25-10-18/h18H,2-16H2,1H3. The topological polar surface area (TPSA) is 54.4 Å². The summed E-state index contributed by atoms with van der Waals surface area (Å²) in [7, 11) is -0.739. The van der Waals surface area contributed by atoms with Crippen molar-refractivity contribution in [2.24, 2.45) is 0 Å². The zero-order chi connectivity index (χ0) is 22.1. The summed E-state index contributed by atoms with van der Waals surface area (Å²) >= 11 is 16.1. The second kappa shape index (κ2) is 28.2. The largest absolute Gasteiger partial charge is 0.386 e. The Hall–Kier alpha value is 2.93. The van der Waals surface area contributed by atoms with E-state index in [4.69, 9.17) is 5.11 Å². The molecule has 1 unspecified atom stereocenters. The maximum Gasteiger partial charge on any atom is 0.189 e. The molecular formula is C17H34O3S10. The first kappa shape index (κ1) is 32.9. The monoisotopic (exact) mass is 606 g/mol. The molecule has 0 fully saturated rings. The number of aliphatic hydroxyl groups is 1. The molecule has 0 saturated heterocycles. The first-order chi connectivity index (χ1) is 14.7. The smallest absolute Gasteiger partial charge is 0.189 e. The molecule has 30 heavy (non-hydrogen) atoms. The van der Waals surface area contributed by atoms with Gasteiger partial charge < -0.3 is 5.11 Å². The molecule has 13 heteroatoms. The number of hydrogen-bond donors (Lipinski definition) is 1. The highest BCUT2D eigenvalue weighted by molar-refractivity contribution is 8.23. The van der Waals surface area contributed by atoms with E-state index in [1.165, 1.54) is 34.4 Å². The third-order valence-electron chi connectivity index (χ3n) is 2.95. The minimum absolute atomic E-state index is 0.138. The molecule has 0 bridgehead atoms. The fourth-order valence-electron chi connectivity index (χ4n) is 1.61. The molecule has 0 aliphatic carbocycles. The van der Waals surface area contributed by atoms with Gasteiger partial charge in [0, 0.05) is 65.7 Å². The van der Waals surface area contributed by atoms with E-state index in [2.05, 4.69) is 6.92 Å². The van der Waals surface area contributed by atoms with Crippen LogP contribution < -0.4 is 0 Å². The highest BCUT2D eigenvalue weighted by Gasteiger charge is 2.03. The molecule has 0 heterocycles.